The Balaban J connectivity index is 2.10. The van der Waals surface area contributed by atoms with Crippen molar-refractivity contribution in [2.75, 3.05) is 13.1 Å². The van der Waals surface area contributed by atoms with E-state index in [0.29, 0.717) is 6.17 Å². The van der Waals surface area contributed by atoms with Crippen LogP contribution < -0.4 is 0 Å². The van der Waals surface area contributed by atoms with Crippen molar-refractivity contribution in [3.63, 3.8) is 0 Å². The summed E-state index contributed by atoms with van der Waals surface area (Å²) in [7, 11) is 0. The maximum absolute atomic E-state index is 2.68. The van der Waals surface area contributed by atoms with Crippen molar-refractivity contribution in [1.29, 1.82) is 0 Å². The van der Waals surface area contributed by atoms with Crippen molar-refractivity contribution >= 4 is 0 Å². The molecule has 0 bridgehead atoms. The lowest BCUT2D eigenvalue weighted by atomic mass is 10.0. The van der Waals surface area contributed by atoms with Crippen LogP contribution in [0.15, 0.2) is 12.4 Å². The smallest absolute Gasteiger partial charge is 0.101 e. The molecule has 208 valence electrons. The van der Waals surface area contributed by atoms with Gasteiger partial charge in [0, 0.05) is 25.5 Å². The van der Waals surface area contributed by atoms with Crippen LogP contribution in [-0.2, 0) is 0 Å². The topological polar surface area (TPSA) is 6.48 Å². The van der Waals surface area contributed by atoms with Gasteiger partial charge < -0.3 is 9.80 Å². The minimum atomic E-state index is 0.642. The number of unbranched alkanes of at least 4 members (excludes halogenated alkanes) is 21. The average Bonchev–Trinajstić information content (AvgIpc) is 3.25. The van der Waals surface area contributed by atoms with E-state index in [1.165, 1.54) is 174 Å². The van der Waals surface area contributed by atoms with Gasteiger partial charge >= 0.3 is 0 Å². The van der Waals surface area contributed by atoms with Crippen LogP contribution in [-0.4, -0.2) is 29.1 Å². The van der Waals surface area contributed by atoms with Gasteiger partial charge in [0.25, 0.3) is 0 Å². The Bertz CT molecular complexity index is 446. The van der Waals surface area contributed by atoms with Crippen LogP contribution in [0.25, 0.3) is 0 Å². The molecule has 1 aliphatic heterocycles. The summed E-state index contributed by atoms with van der Waals surface area (Å²) < 4.78 is 0. The summed E-state index contributed by atoms with van der Waals surface area (Å²) in [5.41, 5.74) is 0. The van der Waals surface area contributed by atoms with Gasteiger partial charge in [-0.25, -0.2) is 0 Å². The van der Waals surface area contributed by atoms with Crippen molar-refractivity contribution in [2.24, 2.45) is 0 Å². The number of nitrogens with zero attached hydrogens (tertiary/aromatic N) is 2. The predicted octanol–water partition coefficient (Wildman–Crippen LogP) is 11.2. The van der Waals surface area contributed by atoms with Crippen LogP contribution in [0.1, 0.15) is 181 Å². The SMILES string of the molecule is CCCCCCCCCCCCCCC1N(CCCC)C=CN1CCCCCCCCCCCC. The van der Waals surface area contributed by atoms with E-state index in [1.807, 2.05) is 0 Å². The molecule has 0 amide bonds. The van der Waals surface area contributed by atoms with E-state index in [-0.39, 0.29) is 0 Å². The van der Waals surface area contributed by atoms with Crippen LogP contribution in [0.5, 0.6) is 0 Å². The van der Waals surface area contributed by atoms with E-state index in [1.54, 1.807) is 0 Å². The van der Waals surface area contributed by atoms with Gasteiger partial charge in [0.05, 0.1) is 0 Å². The van der Waals surface area contributed by atoms with Gasteiger partial charge in [0.1, 0.15) is 6.17 Å². The number of hydrogen-bond donors (Lipinski definition) is 0. The molecule has 0 aromatic heterocycles. The molecule has 0 spiro atoms. The van der Waals surface area contributed by atoms with Crippen LogP contribution in [0, 0.1) is 0 Å². The van der Waals surface area contributed by atoms with Crippen LogP contribution >= 0.6 is 0 Å². The molecule has 0 aliphatic carbocycles. The van der Waals surface area contributed by atoms with Crippen molar-refractivity contribution in [1.82, 2.24) is 9.80 Å². The molecule has 1 aliphatic rings. The molecule has 2 heteroatoms. The van der Waals surface area contributed by atoms with E-state index in [9.17, 15) is 0 Å². The number of rotatable bonds is 27. The van der Waals surface area contributed by atoms with E-state index >= 15 is 0 Å². The largest absolute Gasteiger partial charge is 0.356 e. The van der Waals surface area contributed by atoms with Gasteiger partial charge in [-0.15, -0.1) is 0 Å². The third kappa shape index (κ3) is 18.3. The van der Waals surface area contributed by atoms with Gasteiger partial charge in [-0.3, -0.25) is 0 Å². The molecule has 1 unspecified atom stereocenters. The molecule has 35 heavy (non-hydrogen) atoms. The Morgan fingerprint density at radius 1 is 0.371 bits per heavy atom. The van der Waals surface area contributed by atoms with Crippen molar-refractivity contribution in [3.8, 4) is 0 Å². The highest BCUT2D eigenvalue weighted by molar-refractivity contribution is 4.96. The molecular formula is C33H66N2. The Morgan fingerprint density at radius 3 is 1.09 bits per heavy atom. The summed E-state index contributed by atoms with van der Waals surface area (Å²) in [6.45, 7) is 9.44. The van der Waals surface area contributed by atoms with Crippen molar-refractivity contribution < 1.29 is 0 Å². The zero-order valence-electron chi connectivity index (χ0n) is 24.7. The first kappa shape index (κ1) is 32.4. The second-order valence-corrected chi connectivity index (χ2v) is 11.5. The van der Waals surface area contributed by atoms with Crippen LogP contribution in [0.2, 0.25) is 0 Å². The van der Waals surface area contributed by atoms with Crippen LogP contribution in [0.3, 0.4) is 0 Å². The monoisotopic (exact) mass is 491 g/mol. The molecule has 2 nitrogen and oxygen atoms in total. The summed E-state index contributed by atoms with van der Waals surface area (Å²) in [5.74, 6) is 0. The molecule has 0 N–H and O–H groups in total. The predicted molar refractivity (Wildman–Crippen MR) is 159 cm³/mol. The second-order valence-electron chi connectivity index (χ2n) is 11.5. The molecule has 0 radical (unpaired) electrons. The van der Waals surface area contributed by atoms with E-state index in [0.717, 1.165) is 0 Å². The summed E-state index contributed by atoms with van der Waals surface area (Å²) >= 11 is 0. The summed E-state index contributed by atoms with van der Waals surface area (Å²) in [4.78, 5) is 5.33. The van der Waals surface area contributed by atoms with Crippen molar-refractivity contribution in [3.05, 3.63) is 12.4 Å². The molecule has 0 saturated heterocycles. The minimum absolute atomic E-state index is 0.642. The molecule has 0 fully saturated rings. The zero-order chi connectivity index (χ0) is 25.2. The normalized spacial score (nSPS) is 15.6. The Hall–Kier alpha value is -0.660. The minimum Gasteiger partial charge on any atom is -0.356 e. The maximum Gasteiger partial charge on any atom is 0.101 e. The highest BCUT2D eigenvalue weighted by Crippen LogP contribution is 2.23. The Kier molecular flexibility index (Phi) is 23.1. The Morgan fingerprint density at radius 2 is 0.686 bits per heavy atom. The third-order valence-corrected chi connectivity index (χ3v) is 8.07. The first-order chi connectivity index (χ1) is 17.3. The first-order valence-electron chi connectivity index (χ1n) is 16.5. The van der Waals surface area contributed by atoms with Crippen molar-refractivity contribution in [2.45, 2.75) is 187 Å². The van der Waals surface area contributed by atoms with Gasteiger partial charge in [-0.1, -0.05) is 156 Å². The molecule has 0 aromatic carbocycles. The van der Waals surface area contributed by atoms with Crippen LogP contribution in [0.4, 0.5) is 0 Å². The fourth-order valence-electron chi connectivity index (χ4n) is 5.63. The molecule has 1 rings (SSSR count). The second kappa shape index (κ2) is 25.0. The zero-order valence-corrected chi connectivity index (χ0v) is 24.7. The van der Waals surface area contributed by atoms with E-state index in [2.05, 4.69) is 43.0 Å². The molecule has 0 aromatic rings. The van der Waals surface area contributed by atoms with Gasteiger partial charge in [-0.05, 0) is 25.7 Å². The maximum atomic E-state index is 2.68. The quantitative estimate of drug-likeness (QED) is 0.106. The lowest BCUT2D eigenvalue weighted by molar-refractivity contribution is 0.136. The summed E-state index contributed by atoms with van der Waals surface area (Å²) in [6.07, 6.45) is 41.1. The first-order valence-corrected chi connectivity index (χ1v) is 16.5. The van der Waals surface area contributed by atoms with E-state index < -0.39 is 0 Å². The van der Waals surface area contributed by atoms with Gasteiger partial charge in [0.2, 0.25) is 0 Å². The highest BCUT2D eigenvalue weighted by atomic mass is 15.4. The third-order valence-electron chi connectivity index (χ3n) is 8.07. The molecule has 1 atom stereocenters. The summed E-state index contributed by atoms with van der Waals surface area (Å²) in [5, 5.41) is 0. The molecule has 1 heterocycles. The molecular weight excluding hydrogens is 424 g/mol. The average molecular weight is 491 g/mol. The lowest BCUT2D eigenvalue weighted by Crippen LogP contribution is -2.39. The summed E-state index contributed by atoms with van der Waals surface area (Å²) in [6, 6.07) is 0. The van der Waals surface area contributed by atoms with Gasteiger partial charge in [0.15, 0.2) is 0 Å². The number of hydrogen-bond acceptors (Lipinski definition) is 2. The Labute approximate surface area is 222 Å². The lowest BCUT2D eigenvalue weighted by Gasteiger charge is -2.33. The van der Waals surface area contributed by atoms with Gasteiger partial charge in [-0.2, -0.15) is 0 Å². The standard InChI is InChI=1S/C33H66N2/c1-4-7-10-12-14-16-18-19-20-22-24-26-28-33-34(29-9-6-3)31-32-35(33)30-27-25-23-21-17-15-13-11-8-5-2/h31-33H,4-30H2,1-3H3. The van der Waals surface area contributed by atoms with E-state index in [4.69, 9.17) is 0 Å². The highest BCUT2D eigenvalue weighted by Gasteiger charge is 2.24. The fourth-order valence-corrected chi connectivity index (χ4v) is 5.63. The molecule has 0 saturated carbocycles. The fraction of sp³-hybridized carbons (Fsp3) is 0.939.